The zero-order valence-electron chi connectivity index (χ0n) is 33.5. The molecule has 0 saturated carbocycles. The first kappa shape index (κ1) is 34.3. The first-order valence-electron chi connectivity index (χ1n) is 21.0. The van der Waals surface area contributed by atoms with Gasteiger partial charge in [0.25, 0.3) is 0 Å². The minimum absolute atomic E-state index is 0.814. The molecule has 294 valence electrons. The number of thiophene rings is 1. The molecule has 14 aromatic rings. The molecule has 0 bridgehead atoms. The van der Waals surface area contributed by atoms with Crippen molar-refractivity contribution < 1.29 is 0 Å². The maximum absolute atomic E-state index is 5.25. The molecule has 0 N–H and O–H groups in total. The van der Waals surface area contributed by atoms with Crippen molar-refractivity contribution in [2.24, 2.45) is 0 Å². The van der Waals surface area contributed by atoms with Gasteiger partial charge in [-0.3, -0.25) is 17.9 Å². The molecule has 0 saturated heterocycles. The second kappa shape index (κ2) is 13.1. The van der Waals surface area contributed by atoms with Crippen LogP contribution in [-0.2, 0) is 0 Å². The molecule has 8 aromatic carbocycles. The van der Waals surface area contributed by atoms with Crippen molar-refractivity contribution in [3.63, 3.8) is 0 Å². The van der Waals surface area contributed by atoms with E-state index in [4.69, 9.17) is 19.9 Å². The van der Waals surface area contributed by atoms with E-state index in [0.717, 1.165) is 105 Å². The molecule has 0 fully saturated rings. The van der Waals surface area contributed by atoms with E-state index in [1.54, 1.807) is 17.7 Å². The predicted molar refractivity (Wildman–Crippen MR) is 257 cm³/mol. The van der Waals surface area contributed by atoms with Crippen molar-refractivity contribution in [3.8, 4) is 44.9 Å². The van der Waals surface area contributed by atoms with E-state index in [9.17, 15) is 0 Å². The Hall–Kier alpha value is -8.40. The molecule has 14 rings (SSSR count). The van der Waals surface area contributed by atoms with Gasteiger partial charge >= 0.3 is 0 Å². The molecular weight excluding hydrogens is 793 g/mol. The Balaban J connectivity index is 0.951. The van der Waals surface area contributed by atoms with Gasteiger partial charge in [0.05, 0.1) is 54.4 Å². The summed E-state index contributed by atoms with van der Waals surface area (Å²) in [7, 11) is 0. The number of imidazole rings is 4. The van der Waals surface area contributed by atoms with Gasteiger partial charge in [-0.05, 0) is 100 Å². The van der Waals surface area contributed by atoms with Gasteiger partial charge in [-0.25, -0.2) is 19.9 Å². The van der Waals surface area contributed by atoms with Gasteiger partial charge in [0, 0.05) is 15.8 Å². The zero-order valence-corrected chi connectivity index (χ0v) is 34.3. The normalized spacial score (nSPS) is 12.1. The highest BCUT2D eigenvalue weighted by molar-refractivity contribution is 7.26. The lowest BCUT2D eigenvalue weighted by atomic mass is 10.00. The number of aromatic nitrogens is 8. The third-order valence-electron chi connectivity index (χ3n) is 12.5. The molecule has 0 amide bonds. The van der Waals surface area contributed by atoms with Gasteiger partial charge < -0.3 is 0 Å². The molecule has 6 heterocycles. The van der Waals surface area contributed by atoms with Crippen LogP contribution in [0.3, 0.4) is 0 Å². The first-order valence-corrected chi connectivity index (χ1v) is 21.8. The molecule has 0 unspecified atom stereocenters. The Labute approximate surface area is 362 Å². The van der Waals surface area contributed by atoms with E-state index in [1.165, 1.54) is 15.8 Å². The summed E-state index contributed by atoms with van der Waals surface area (Å²) < 4.78 is 11.3. The standard InChI is InChI=1S/C54H32N8S/c1-2-11-33(12-3-1)34-21-23-35(24-22-34)36-13-10-14-39(29-36)59-45-27-25-37(30-47(45)60-43-18-7-5-16-41(43)57-53(59)60)38-26-28-46-48(31-38)61-44-19-8-6-17-42(44)58-54(61)62(46)52-51-50(55-32-56-52)40-15-4-9-20-49(40)63-51/h1-32H. The van der Waals surface area contributed by atoms with E-state index in [0.29, 0.717) is 0 Å². The third kappa shape index (κ3) is 5.02. The van der Waals surface area contributed by atoms with Gasteiger partial charge in [-0.2, -0.15) is 0 Å². The highest BCUT2D eigenvalue weighted by Gasteiger charge is 2.23. The van der Waals surface area contributed by atoms with Crippen molar-refractivity contribution in [1.82, 2.24) is 37.9 Å². The number of nitrogens with zero attached hydrogens (tertiary/aromatic N) is 8. The summed E-state index contributed by atoms with van der Waals surface area (Å²) in [6.45, 7) is 0. The van der Waals surface area contributed by atoms with Gasteiger partial charge in [-0.1, -0.05) is 121 Å². The smallest absolute Gasteiger partial charge is 0.221 e. The Bertz CT molecular complexity index is 4150. The van der Waals surface area contributed by atoms with Crippen LogP contribution in [0, 0.1) is 0 Å². The largest absolute Gasteiger partial charge is 0.278 e. The average molecular weight is 825 g/mol. The van der Waals surface area contributed by atoms with Crippen LogP contribution in [0.2, 0.25) is 0 Å². The molecule has 0 aliphatic heterocycles. The lowest BCUT2D eigenvalue weighted by Crippen LogP contribution is -1.99. The van der Waals surface area contributed by atoms with E-state index < -0.39 is 0 Å². The number of benzene rings is 8. The van der Waals surface area contributed by atoms with Gasteiger partial charge in [-0.15, -0.1) is 11.3 Å². The van der Waals surface area contributed by atoms with Gasteiger partial charge in [0.15, 0.2) is 5.82 Å². The molecule has 0 aliphatic carbocycles. The molecule has 63 heavy (non-hydrogen) atoms. The molecule has 0 aliphatic rings. The third-order valence-corrected chi connectivity index (χ3v) is 13.7. The summed E-state index contributed by atoms with van der Waals surface area (Å²) in [4.78, 5) is 20.2. The summed E-state index contributed by atoms with van der Waals surface area (Å²) in [6, 6.07) is 66.8. The second-order valence-corrected chi connectivity index (χ2v) is 17.1. The molecule has 9 heteroatoms. The number of fused-ring (bicyclic) bond motifs is 13. The van der Waals surface area contributed by atoms with Crippen molar-refractivity contribution in [1.29, 1.82) is 0 Å². The van der Waals surface area contributed by atoms with E-state index in [1.807, 2.05) is 6.07 Å². The Morgan fingerprint density at radius 2 is 0.921 bits per heavy atom. The first-order chi connectivity index (χ1) is 31.2. The highest BCUT2D eigenvalue weighted by atomic mass is 32.1. The average Bonchev–Trinajstić information content (AvgIpc) is 4.15. The van der Waals surface area contributed by atoms with Crippen LogP contribution >= 0.6 is 11.3 Å². The summed E-state index contributed by atoms with van der Waals surface area (Å²) in [5.74, 6) is 2.51. The minimum Gasteiger partial charge on any atom is -0.278 e. The van der Waals surface area contributed by atoms with Crippen molar-refractivity contribution in [2.45, 2.75) is 0 Å². The van der Waals surface area contributed by atoms with Crippen LogP contribution < -0.4 is 0 Å². The minimum atomic E-state index is 0.814. The lowest BCUT2D eigenvalue weighted by molar-refractivity contribution is 1.04. The van der Waals surface area contributed by atoms with Crippen LogP contribution in [0.25, 0.3) is 121 Å². The number of para-hydroxylation sites is 4. The van der Waals surface area contributed by atoms with Gasteiger partial charge in [0.2, 0.25) is 11.6 Å². The number of hydrogen-bond donors (Lipinski definition) is 0. The van der Waals surface area contributed by atoms with Crippen LogP contribution in [0.4, 0.5) is 0 Å². The zero-order chi connectivity index (χ0) is 41.2. The lowest BCUT2D eigenvalue weighted by Gasteiger charge is -2.10. The summed E-state index contributed by atoms with van der Waals surface area (Å²) in [5.41, 5.74) is 17.2. The fraction of sp³-hybridized carbons (Fsp3) is 0. The highest BCUT2D eigenvalue weighted by Crippen LogP contribution is 2.40. The fourth-order valence-electron chi connectivity index (χ4n) is 9.60. The van der Waals surface area contributed by atoms with E-state index in [2.05, 4.69) is 200 Å². The predicted octanol–water partition coefficient (Wildman–Crippen LogP) is 13.3. The molecule has 0 atom stereocenters. The molecule has 6 aromatic heterocycles. The monoisotopic (exact) mass is 824 g/mol. The van der Waals surface area contributed by atoms with Gasteiger partial charge in [0.1, 0.15) is 6.33 Å². The Kier molecular flexibility index (Phi) is 7.11. The van der Waals surface area contributed by atoms with Crippen LogP contribution in [0.5, 0.6) is 0 Å². The molecule has 0 radical (unpaired) electrons. The second-order valence-electron chi connectivity index (χ2n) is 16.0. The fourth-order valence-corrected chi connectivity index (χ4v) is 10.7. The van der Waals surface area contributed by atoms with Crippen molar-refractivity contribution in [2.75, 3.05) is 0 Å². The molecule has 8 nitrogen and oxygen atoms in total. The topological polar surface area (TPSA) is 70.2 Å². The maximum atomic E-state index is 5.25. The summed E-state index contributed by atoms with van der Waals surface area (Å²) >= 11 is 1.72. The van der Waals surface area contributed by atoms with Crippen molar-refractivity contribution >= 4 is 87.3 Å². The molecule has 0 spiro atoms. The summed E-state index contributed by atoms with van der Waals surface area (Å²) in [6.07, 6.45) is 1.68. The van der Waals surface area contributed by atoms with Crippen LogP contribution in [-0.4, -0.2) is 37.9 Å². The van der Waals surface area contributed by atoms with Crippen LogP contribution in [0.1, 0.15) is 0 Å². The van der Waals surface area contributed by atoms with E-state index >= 15 is 0 Å². The number of rotatable bonds is 5. The summed E-state index contributed by atoms with van der Waals surface area (Å²) in [5, 5.41) is 1.13. The Morgan fingerprint density at radius 1 is 0.381 bits per heavy atom. The quantitative estimate of drug-likeness (QED) is 0.173. The maximum Gasteiger partial charge on any atom is 0.221 e. The molecular formula is C54H32N8S. The van der Waals surface area contributed by atoms with E-state index in [-0.39, 0.29) is 0 Å². The number of hydrogen-bond acceptors (Lipinski definition) is 5. The SMILES string of the molecule is c1ccc(-c2ccc(-c3cccc(-n4c5ccc(-c6ccc7c(c6)n6c8ccccc8nc6n7-c6ncnc7c6sc6ccccc67)cc5n5c6ccccc6nc45)c3)cc2)cc1. The Morgan fingerprint density at radius 3 is 1.63 bits per heavy atom. The van der Waals surface area contributed by atoms with Crippen molar-refractivity contribution in [3.05, 3.63) is 194 Å². The van der Waals surface area contributed by atoms with Crippen LogP contribution in [0.15, 0.2) is 194 Å².